The molecule has 0 amide bonds. The van der Waals surface area contributed by atoms with Crippen LogP contribution in [0.3, 0.4) is 0 Å². The van der Waals surface area contributed by atoms with E-state index in [2.05, 4.69) is 4.84 Å². The van der Waals surface area contributed by atoms with Crippen molar-refractivity contribution >= 4 is 0 Å². The minimum Gasteiger partial charge on any atom is -0.416 e. The van der Waals surface area contributed by atoms with E-state index in [0.29, 0.717) is 12.2 Å². The lowest BCUT2D eigenvalue weighted by molar-refractivity contribution is -0.419. The van der Waals surface area contributed by atoms with Crippen LogP contribution in [-0.2, 0) is 4.84 Å². The molecule has 0 atom stereocenters. The van der Waals surface area contributed by atoms with Crippen LogP contribution in [0.4, 0.5) is 0 Å². The molecule has 0 unspecified atom stereocenters. The van der Waals surface area contributed by atoms with E-state index in [9.17, 15) is 10.1 Å². The number of nitrogens with zero attached hydrogens (tertiary/aromatic N) is 1. The maximum absolute atomic E-state index is 10.3. The van der Waals surface area contributed by atoms with Crippen LogP contribution in [0.15, 0.2) is 35.8 Å². The van der Waals surface area contributed by atoms with Gasteiger partial charge in [-0.3, -0.25) is 10.1 Å². The van der Waals surface area contributed by atoms with Gasteiger partial charge in [0.1, 0.15) is 5.76 Å². The van der Waals surface area contributed by atoms with Crippen molar-refractivity contribution in [3.63, 3.8) is 0 Å². The Morgan fingerprint density at radius 2 is 2.33 bits per heavy atom. The van der Waals surface area contributed by atoms with Gasteiger partial charge in [0.2, 0.25) is 0 Å². The van der Waals surface area contributed by atoms with Crippen molar-refractivity contribution in [2.75, 3.05) is 0 Å². The number of hydrogen-bond donors (Lipinski definition) is 1. The predicted octanol–water partition coefficient (Wildman–Crippen LogP) is 0.881. The zero-order valence-corrected chi connectivity index (χ0v) is 6.27. The zero-order chi connectivity index (χ0) is 8.97. The normalized spacial score (nSPS) is 16.1. The van der Waals surface area contributed by atoms with Crippen LogP contribution in [0.2, 0.25) is 0 Å². The Bertz CT molecular complexity index is 278. The fraction of sp³-hybridized carbons (Fsp3) is 0.143. The van der Waals surface area contributed by atoms with Crippen molar-refractivity contribution < 1.29 is 9.76 Å². The lowest BCUT2D eigenvalue weighted by Crippen LogP contribution is -1.97. The van der Waals surface area contributed by atoms with E-state index in [0.717, 1.165) is 0 Å². The van der Waals surface area contributed by atoms with E-state index in [1.54, 1.807) is 6.08 Å². The van der Waals surface area contributed by atoms with Crippen LogP contribution in [0, 0.1) is 10.1 Å². The summed E-state index contributed by atoms with van der Waals surface area (Å²) in [4.78, 5) is 14.3. The molecule has 0 aliphatic heterocycles. The van der Waals surface area contributed by atoms with E-state index in [1.807, 2.05) is 0 Å². The highest BCUT2D eigenvalue weighted by Crippen LogP contribution is 2.10. The van der Waals surface area contributed by atoms with Gasteiger partial charge in [-0.2, -0.15) is 5.90 Å². The SMILES string of the molecule is NOC1=CC=C([N+](=O)[O-])C=CC1. The number of nitrogens with two attached hydrogens (primary N) is 1. The van der Waals surface area contributed by atoms with Crippen LogP contribution in [-0.4, -0.2) is 4.92 Å². The van der Waals surface area contributed by atoms with E-state index in [-0.39, 0.29) is 5.70 Å². The summed E-state index contributed by atoms with van der Waals surface area (Å²) in [5.74, 6) is 5.40. The van der Waals surface area contributed by atoms with Crippen molar-refractivity contribution in [1.29, 1.82) is 0 Å². The first-order valence-corrected chi connectivity index (χ1v) is 3.32. The monoisotopic (exact) mass is 168 g/mol. The van der Waals surface area contributed by atoms with Crippen LogP contribution in [0.5, 0.6) is 0 Å². The fourth-order valence-electron chi connectivity index (χ4n) is 0.807. The Kier molecular flexibility index (Phi) is 2.60. The quantitative estimate of drug-likeness (QED) is 0.490. The minimum absolute atomic E-state index is 0.0297. The molecule has 0 spiro atoms. The Morgan fingerprint density at radius 3 is 2.92 bits per heavy atom. The molecule has 0 heterocycles. The maximum Gasteiger partial charge on any atom is 0.269 e. The van der Waals surface area contributed by atoms with Crippen molar-refractivity contribution in [3.8, 4) is 0 Å². The molecule has 0 radical (unpaired) electrons. The molecule has 5 nitrogen and oxygen atoms in total. The first-order chi connectivity index (χ1) is 5.74. The van der Waals surface area contributed by atoms with Gasteiger partial charge in [0.15, 0.2) is 0 Å². The molecule has 5 heteroatoms. The Hall–Kier alpha value is -1.62. The highest BCUT2D eigenvalue weighted by molar-refractivity contribution is 5.24. The molecule has 1 aliphatic rings. The van der Waals surface area contributed by atoms with Crippen molar-refractivity contribution in [2.24, 2.45) is 5.90 Å². The van der Waals surface area contributed by atoms with Crippen LogP contribution in [0.25, 0.3) is 0 Å². The molecule has 1 aliphatic carbocycles. The number of nitro groups is 1. The summed E-state index contributed by atoms with van der Waals surface area (Å²) in [6.07, 6.45) is 6.36. The van der Waals surface area contributed by atoms with Gasteiger partial charge >= 0.3 is 0 Å². The minimum atomic E-state index is -0.466. The summed E-state index contributed by atoms with van der Waals surface area (Å²) in [6.45, 7) is 0. The molecule has 12 heavy (non-hydrogen) atoms. The molecular formula is C7H8N2O3. The Labute approximate surface area is 68.9 Å². The summed E-state index contributed by atoms with van der Waals surface area (Å²) >= 11 is 0. The lowest BCUT2D eigenvalue weighted by Gasteiger charge is -1.96. The van der Waals surface area contributed by atoms with E-state index in [1.165, 1.54) is 18.2 Å². The first kappa shape index (κ1) is 8.48. The highest BCUT2D eigenvalue weighted by Gasteiger charge is 2.07. The van der Waals surface area contributed by atoms with E-state index < -0.39 is 4.92 Å². The average molecular weight is 168 g/mol. The predicted molar refractivity (Wildman–Crippen MR) is 42.2 cm³/mol. The van der Waals surface area contributed by atoms with Crippen molar-refractivity contribution in [2.45, 2.75) is 6.42 Å². The summed E-state index contributed by atoms with van der Waals surface area (Å²) in [5, 5.41) is 10.3. The second kappa shape index (κ2) is 3.68. The third-order valence-corrected chi connectivity index (χ3v) is 1.41. The molecule has 0 saturated heterocycles. The molecule has 0 fully saturated rings. The molecule has 1 rings (SSSR count). The van der Waals surface area contributed by atoms with E-state index >= 15 is 0 Å². The summed E-state index contributed by atoms with van der Waals surface area (Å²) in [5.41, 5.74) is 0.0297. The number of rotatable bonds is 2. The standard InChI is InChI=1S/C7H8N2O3/c8-12-7-3-1-2-6(4-5-7)9(10)11/h1-2,4-5H,3,8H2. The zero-order valence-electron chi connectivity index (χ0n) is 6.27. The first-order valence-electron chi connectivity index (χ1n) is 3.32. The van der Waals surface area contributed by atoms with E-state index in [4.69, 9.17) is 5.90 Å². The lowest BCUT2D eigenvalue weighted by atomic mass is 10.3. The summed E-state index contributed by atoms with van der Waals surface area (Å²) < 4.78 is 0. The van der Waals surface area contributed by atoms with Gasteiger partial charge < -0.3 is 4.84 Å². The Morgan fingerprint density at radius 1 is 1.58 bits per heavy atom. The van der Waals surface area contributed by atoms with Gasteiger partial charge in [-0.05, 0) is 6.08 Å². The molecule has 0 saturated carbocycles. The molecule has 64 valence electrons. The van der Waals surface area contributed by atoms with Gasteiger partial charge in [-0.1, -0.05) is 6.08 Å². The number of hydrogen-bond acceptors (Lipinski definition) is 4. The van der Waals surface area contributed by atoms with Gasteiger partial charge in [0.25, 0.3) is 5.70 Å². The second-order valence-corrected chi connectivity index (χ2v) is 2.21. The van der Waals surface area contributed by atoms with Gasteiger partial charge in [-0.25, -0.2) is 0 Å². The third-order valence-electron chi connectivity index (χ3n) is 1.41. The van der Waals surface area contributed by atoms with Crippen LogP contribution < -0.4 is 5.90 Å². The topological polar surface area (TPSA) is 78.4 Å². The van der Waals surface area contributed by atoms with Crippen LogP contribution >= 0.6 is 0 Å². The summed E-state index contributed by atoms with van der Waals surface area (Å²) in [7, 11) is 0. The van der Waals surface area contributed by atoms with Gasteiger partial charge in [0, 0.05) is 18.6 Å². The van der Waals surface area contributed by atoms with Crippen molar-refractivity contribution in [3.05, 3.63) is 45.9 Å². The van der Waals surface area contributed by atoms with Crippen molar-refractivity contribution in [1.82, 2.24) is 0 Å². The average Bonchev–Trinajstić information content (AvgIpc) is 2.28. The van der Waals surface area contributed by atoms with Crippen LogP contribution in [0.1, 0.15) is 6.42 Å². The smallest absolute Gasteiger partial charge is 0.269 e. The highest BCUT2D eigenvalue weighted by atomic mass is 16.6. The second-order valence-electron chi connectivity index (χ2n) is 2.21. The molecule has 0 aromatic heterocycles. The molecule has 0 aromatic rings. The fourth-order valence-corrected chi connectivity index (χ4v) is 0.807. The Balaban J connectivity index is 2.85. The van der Waals surface area contributed by atoms with Gasteiger partial charge in [0.05, 0.1) is 4.92 Å². The largest absolute Gasteiger partial charge is 0.416 e. The molecular weight excluding hydrogens is 160 g/mol. The summed E-state index contributed by atoms with van der Waals surface area (Å²) in [6, 6.07) is 0. The molecule has 0 bridgehead atoms. The number of allylic oxidation sites excluding steroid dienone is 4. The van der Waals surface area contributed by atoms with Gasteiger partial charge in [-0.15, -0.1) is 0 Å². The molecule has 0 aromatic carbocycles. The third kappa shape index (κ3) is 1.93. The molecule has 2 N–H and O–H groups in total. The maximum atomic E-state index is 10.3.